The Balaban J connectivity index is 1.37. The van der Waals surface area contributed by atoms with Crippen molar-refractivity contribution in [2.24, 2.45) is 17.3 Å². The fourth-order valence-electron chi connectivity index (χ4n) is 5.93. The molecule has 3 saturated heterocycles. The molecule has 0 aromatic rings. The molecular weight excluding hydrogens is 426 g/mol. The molecule has 1 aliphatic carbocycles. The van der Waals surface area contributed by atoms with Crippen LogP contribution in [0, 0.1) is 17.3 Å². The molecular formula is C25H39NO7. The van der Waals surface area contributed by atoms with Crippen LogP contribution in [0.5, 0.6) is 0 Å². The second-order valence-corrected chi connectivity index (χ2v) is 11.5. The number of amides is 1. The third kappa shape index (κ3) is 4.66. The summed E-state index contributed by atoms with van der Waals surface area (Å²) in [5, 5.41) is 9.34. The summed E-state index contributed by atoms with van der Waals surface area (Å²) in [5.74, 6) is -0.633. The Morgan fingerprint density at radius 2 is 1.94 bits per heavy atom. The van der Waals surface area contributed by atoms with Gasteiger partial charge in [-0.05, 0) is 66.2 Å². The van der Waals surface area contributed by atoms with E-state index in [1.165, 1.54) is 5.57 Å². The molecule has 33 heavy (non-hydrogen) atoms. The topological polar surface area (TPSA) is 101 Å². The molecule has 4 aliphatic rings. The van der Waals surface area contributed by atoms with E-state index in [1.807, 2.05) is 0 Å². The summed E-state index contributed by atoms with van der Waals surface area (Å²) < 4.78 is 24.1. The summed E-state index contributed by atoms with van der Waals surface area (Å²) in [6.45, 7) is 11.5. The molecule has 4 rings (SSSR count). The van der Waals surface area contributed by atoms with Gasteiger partial charge in [0.1, 0.15) is 23.4 Å². The molecule has 3 heterocycles. The van der Waals surface area contributed by atoms with Crippen molar-refractivity contribution < 1.29 is 33.6 Å². The number of carbonyl (C=O) groups is 2. The van der Waals surface area contributed by atoms with E-state index in [1.54, 1.807) is 25.9 Å². The maximum atomic E-state index is 12.9. The quantitative estimate of drug-likeness (QED) is 0.431. The zero-order valence-electron chi connectivity index (χ0n) is 20.8. The van der Waals surface area contributed by atoms with Crippen LogP contribution in [0.1, 0.15) is 60.3 Å². The summed E-state index contributed by atoms with van der Waals surface area (Å²) in [5.41, 5.74) is -0.136. The Morgan fingerprint density at radius 3 is 2.48 bits per heavy atom. The van der Waals surface area contributed by atoms with Crippen LogP contribution >= 0.6 is 0 Å². The van der Waals surface area contributed by atoms with Crippen molar-refractivity contribution in [3.63, 3.8) is 0 Å². The number of likely N-dealkylation sites (tertiary alicyclic amines) is 1. The molecule has 8 nitrogen and oxygen atoms in total. The van der Waals surface area contributed by atoms with E-state index in [-0.39, 0.29) is 47.4 Å². The number of ether oxygens (including phenoxy) is 4. The van der Waals surface area contributed by atoms with Gasteiger partial charge in [-0.15, -0.1) is 0 Å². The molecule has 1 saturated carbocycles. The van der Waals surface area contributed by atoms with Crippen molar-refractivity contribution in [1.82, 2.24) is 4.90 Å². The number of hydrogen-bond donors (Lipinski definition) is 1. The molecule has 4 fully saturated rings. The Bertz CT molecular complexity index is 810. The lowest BCUT2D eigenvalue weighted by molar-refractivity contribution is -0.148. The van der Waals surface area contributed by atoms with Gasteiger partial charge in [-0.1, -0.05) is 11.6 Å². The highest BCUT2D eigenvalue weighted by Crippen LogP contribution is 2.59. The first kappa shape index (κ1) is 24.5. The van der Waals surface area contributed by atoms with Crippen LogP contribution in [0.2, 0.25) is 0 Å². The third-order valence-corrected chi connectivity index (χ3v) is 8.08. The van der Waals surface area contributed by atoms with Gasteiger partial charge >= 0.3 is 12.1 Å². The van der Waals surface area contributed by atoms with Gasteiger partial charge in [0.15, 0.2) is 0 Å². The second-order valence-electron chi connectivity index (χ2n) is 11.5. The molecule has 8 heteroatoms. The number of rotatable bonds is 8. The van der Waals surface area contributed by atoms with Crippen LogP contribution in [0.3, 0.4) is 0 Å². The third-order valence-electron chi connectivity index (χ3n) is 8.08. The van der Waals surface area contributed by atoms with Crippen LogP contribution < -0.4 is 0 Å². The fourth-order valence-corrected chi connectivity index (χ4v) is 5.93. The van der Waals surface area contributed by atoms with E-state index < -0.39 is 11.4 Å². The highest BCUT2D eigenvalue weighted by atomic mass is 16.6. The van der Waals surface area contributed by atoms with Crippen molar-refractivity contribution >= 4 is 12.1 Å². The molecule has 1 amide bonds. The lowest BCUT2D eigenvalue weighted by Crippen LogP contribution is -2.58. The summed E-state index contributed by atoms with van der Waals surface area (Å²) in [4.78, 5) is 25.9. The molecule has 6 atom stereocenters. The highest BCUT2D eigenvalue weighted by molar-refractivity contribution is 5.73. The Morgan fingerprint density at radius 1 is 1.27 bits per heavy atom. The smallest absolute Gasteiger partial charge is 0.410 e. The maximum Gasteiger partial charge on any atom is 0.410 e. The molecule has 0 unspecified atom stereocenters. The van der Waals surface area contributed by atoms with Crippen LogP contribution in [0.4, 0.5) is 4.79 Å². The minimum atomic E-state index is -0.811. The average molecular weight is 466 g/mol. The molecule has 0 bridgehead atoms. The van der Waals surface area contributed by atoms with Crippen molar-refractivity contribution in [1.29, 1.82) is 0 Å². The predicted octanol–water partition coefficient (Wildman–Crippen LogP) is 3.63. The van der Waals surface area contributed by atoms with Gasteiger partial charge in [0.05, 0.1) is 24.0 Å². The van der Waals surface area contributed by atoms with Gasteiger partial charge in [-0.25, -0.2) is 4.79 Å². The lowest BCUT2D eigenvalue weighted by atomic mass is 9.68. The van der Waals surface area contributed by atoms with E-state index in [0.29, 0.717) is 32.5 Å². The number of aliphatic carboxylic acids is 1. The molecule has 0 aromatic heterocycles. The van der Waals surface area contributed by atoms with Crippen molar-refractivity contribution in [3.8, 4) is 0 Å². The molecule has 1 spiro atoms. The maximum absolute atomic E-state index is 12.9. The van der Waals surface area contributed by atoms with Gasteiger partial charge in [-0.2, -0.15) is 0 Å². The van der Waals surface area contributed by atoms with Gasteiger partial charge < -0.3 is 29.0 Å². The van der Waals surface area contributed by atoms with Crippen molar-refractivity contribution in [2.75, 3.05) is 26.8 Å². The number of carboxylic acid groups (broad SMARTS) is 1. The highest BCUT2D eigenvalue weighted by Gasteiger charge is 2.72. The van der Waals surface area contributed by atoms with E-state index >= 15 is 0 Å². The lowest BCUT2D eigenvalue weighted by Gasteiger charge is -2.45. The fraction of sp³-hybridized carbons (Fsp3) is 0.840. The predicted molar refractivity (Wildman–Crippen MR) is 121 cm³/mol. The number of nitrogens with zero attached hydrogens (tertiary/aromatic N) is 1. The van der Waals surface area contributed by atoms with E-state index in [4.69, 9.17) is 18.9 Å². The van der Waals surface area contributed by atoms with Gasteiger partial charge in [0, 0.05) is 20.2 Å². The normalized spacial score (nSPS) is 37.9. The standard InChI is InChI=1S/C25H39NO7/c1-15(2)7-8-18-24(5,33-18)20-19(30-6)17(9-10-25(20)14-31-25)32-22(29)26-12-16(13-26)11-23(3,4)21(27)28/h7,16-20H,8-14H2,1-6H3,(H,27,28)/t17-,18-,19-,20-,24+,25+/m1/s1. The molecule has 186 valence electrons. The molecule has 1 N–H and O–H groups in total. The Kier molecular flexibility index (Phi) is 6.34. The Labute approximate surface area is 196 Å². The van der Waals surface area contributed by atoms with Gasteiger partial charge in [0.25, 0.3) is 0 Å². The molecule has 0 aromatic carbocycles. The largest absolute Gasteiger partial charge is 0.481 e. The summed E-state index contributed by atoms with van der Waals surface area (Å²) in [6.07, 6.45) is 4.22. The molecule has 0 radical (unpaired) electrons. The van der Waals surface area contributed by atoms with Gasteiger partial charge in [-0.3, -0.25) is 4.79 Å². The first-order valence-corrected chi connectivity index (χ1v) is 12.1. The van der Waals surface area contributed by atoms with Crippen LogP contribution in [0.25, 0.3) is 0 Å². The first-order chi connectivity index (χ1) is 15.4. The van der Waals surface area contributed by atoms with E-state index in [9.17, 15) is 14.7 Å². The van der Waals surface area contributed by atoms with Crippen LogP contribution in [-0.2, 0) is 23.7 Å². The summed E-state index contributed by atoms with van der Waals surface area (Å²) in [6, 6.07) is 0. The summed E-state index contributed by atoms with van der Waals surface area (Å²) >= 11 is 0. The zero-order valence-corrected chi connectivity index (χ0v) is 20.8. The Hall–Kier alpha value is -1.64. The summed E-state index contributed by atoms with van der Waals surface area (Å²) in [7, 11) is 1.67. The van der Waals surface area contributed by atoms with Crippen molar-refractivity contribution in [2.45, 2.75) is 89.8 Å². The van der Waals surface area contributed by atoms with Crippen LogP contribution in [0.15, 0.2) is 11.6 Å². The number of hydrogen-bond acceptors (Lipinski definition) is 6. The SMILES string of the molecule is CO[C@@H]1[C@H](OC(=O)N2CC(CC(C)(C)C(=O)O)C2)CC[C@]2(CO2)[C@H]1[C@@]1(C)O[C@@H]1CC=C(C)C. The van der Waals surface area contributed by atoms with Crippen molar-refractivity contribution in [3.05, 3.63) is 11.6 Å². The minimum absolute atomic E-state index is 0.00221. The number of methoxy groups -OCH3 is 1. The number of carboxylic acids is 1. The second kappa shape index (κ2) is 8.54. The monoisotopic (exact) mass is 465 g/mol. The van der Waals surface area contributed by atoms with E-state index in [2.05, 4.69) is 26.8 Å². The number of epoxide rings is 2. The number of carbonyl (C=O) groups excluding carboxylic acids is 1. The minimum Gasteiger partial charge on any atom is -0.481 e. The number of allylic oxidation sites excluding steroid dienone is 1. The van der Waals surface area contributed by atoms with E-state index in [0.717, 1.165) is 12.8 Å². The van der Waals surface area contributed by atoms with Gasteiger partial charge in [0.2, 0.25) is 0 Å². The average Bonchev–Trinajstić information content (AvgIpc) is 3.61. The zero-order chi connectivity index (χ0) is 24.2. The first-order valence-electron chi connectivity index (χ1n) is 12.1. The van der Waals surface area contributed by atoms with Crippen LogP contribution in [-0.4, -0.2) is 78.4 Å². The molecule has 3 aliphatic heterocycles.